The van der Waals surface area contributed by atoms with E-state index in [2.05, 4.69) is 31.9 Å². The van der Waals surface area contributed by atoms with Crippen molar-refractivity contribution < 1.29 is 13.2 Å². The fraction of sp³-hybridized carbons (Fsp3) is 0.455. The fourth-order valence-electron chi connectivity index (χ4n) is 1.46. The molecule has 7 heteroatoms. The van der Waals surface area contributed by atoms with E-state index in [4.69, 9.17) is 4.74 Å². The molecule has 0 aliphatic rings. The van der Waals surface area contributed by atoms with E-state index in [1.807, 2.05) is 0 Å². The van der Waals surface area contributed by atoms with Crippen LogP contribution in [-0.2, 0) is 14.8 Å². The Labute approximate surface area is 125 Å². The predicted molar refractivity (Wildman–Crippen MR) is 78.2 cm³/mol. The van der Waals surface area contributed by atoms with Crippen molar-refractivity contribution in [1.29, 1.82) is 0 Å². The molecule has 18 heavy (non-hydrogen) atoms. The lowest BCUT2D eigenvalue weighted by atomic mass is 10.4. The van der Waals surface area contributed by atoms with Crippen LogP contribution in [0.3, 0.4) is 0 Å². The maximum absolute atomic E-state index is 12.4. The normalized spacial score (nSPS) is 12.1. The number of hydrogen-bond acceptors (Lipinski definition) is 3. The summed E-state index contributed by atoms with van der Waals surface area (Å²) in [5.41, 5.74) is 0. The average Bonchev–Trinajstić information content (AvgIpc) is 2.29. The van der Waals surface area contributed by atoms with Crippen LogP contribution in [-0.4, -0.2) is 39.5 Å². The predicted octanol–water partition coefficient (Wildman–Crippen LogP) is 2.87. The minimum atomic E-state index is -3.49. The maximum Gasteiger partial charge on any atom is 0.244 e. The van der Waals surface area contributed by atoms with Crippen molar-refractivity contribution in [1.82, 2.24) is 4.31 Å². The number of rotatable bonds is 6. The van der Waals surface area contributed by atoms with E-state index in [1.165, 1.54) is 4.31 Å². The first-order chi connectivity index (χ1) is 8.43. The van der Waals surface area contributed by atoms with E-state index in [0.29, 0.717) is 24.2 Å². The first kappa shape index (κ1) is 16.1. The van der Waals surface area contributed by atoms with Crippen molar-refractivity contribution in [3.05, 3.63) is 27.1 Å². The summed E-state index contributed by atoms with van der Waals surface area (Å²) in [4.78, 5) is 0.267. The second-order valence-corrected chi connectivity index (χ2v) is 7.24. The number of ether oxygens (including phenoxy) is 1. The number of sulfonamides is 1. The lowest BCUT2D eigenvalue weighted by Crippen LogP contribution is -2.33. The molecular weight excluding hydrogens is 386 g/mol. The molecule has 0 atom stereocenters. The van der Waals surface area contributed by atoms with Crippen LogP contribution in [0.4, 0.5) is 0 Å². The van der Waals surface area contributed by atoms with Gasteiger partial charge in [-0.2, -0.15) is 4.31 Å². The molecule has 0 aromatic heterocycles. The van der Waals surface area contributed by atoms with Gasteiger partial charge in [0, 0.05) is 29.1 Å². The van der Waals surface area contributed by atoms with Crippen LogP contribution in [0, 0.1) is 0 Å². The molecule has 0 fully saturated rings. The van der Waals surface area contributed by atoms with Crippen LogP contribution in [0.2, 0.25) is 0 Å². The molecule has 102 valence electrons. The highest BCUT2D eigenvalue weighted by Gasteiger charge is 2.24. The zero-order chi connectivity index (χ0) is 13.8. The molecule has 0 amide bonds. The Balaban J connectivity index is 3.10. The summed E-state index contributed by atoms with van der Waals surface area (Å²) < 4.78 is 32.6. The van der Waals surface area contributed by atoms with Gasteiger partial charge in [0.2, 0.25) is 10.0 Å². The number of benzene rings is 1. The summed E-state index contributed by atoms with van der Waals surface area (Å²) in [6.07, 6.45) is 0. The fourth-order valence-corrected chi connectivity index (χ4v) is 4.60. The maximum atomic E-state index is 12.4. The molecule has 0 aliphatic carbocycles. The van der Waals surface area contributed by atoms with Gasteiger partial charge in [-0.3, -0.25) is 0 Å². The van der Waals surface area contributed by atoms with E-state index in [1.54, 1.807) is 32.2 Å². The van der Waals surface area contributed by atoms with Gasteiger partial charge in [0.25, 0.3) is 0 Å². The van der Waals surface area contributed by atoms with Gasteiger partial charge in [-0.25, -0.2) is 8.42 Å². The van der Waals surface area contributed by atoms with Crippen molar-refractivity contribution in [2.24, 2.45) is 0 Å². The number of halogens is 2. The average molecular weight is 401 g/mol. The van der Waals surface area contributed by atoms with Gasteiger partial charge >= 0.3 is 0 Å². The van der Waals surface area contributed by atoms with Crippen LogP contribution < -0.4 is 0 Å². The summed E-state index contributed by atoms with van der Waals surface area (Å²) in [5.74, 6) is 0. The Morgan fingerprint density at radius 1 is 1.33 bits per heavy atom. The molecule has 0 unspecified atom stereocenters. The third-order valence-corrected chi connectivity index (χ3v) is 5.85. The van der Waals surface area contributed by atoms with Crippen molar-refractivity contribution in [2.75, 3.05) is 26.8 Å². The highest BCUT2D eigenvalue weighted by molar-refractivity contribution is 9.11. The molecule has 1 aromatic rings. The third-order valence-electron chi connectivity index (χ3n) is 2.41. The molecule has 0 bridgehead atoms. The lowest BCUT2D eigenvalue weighted by molar-refractivity contribution is 0.180. The molecule has 0 N–H and O–H groups in total. The highest BCUT2D eigenvalue weighted by Crippen LogP contribution is 2.27. The first-order valence-corrected chi connectivity index (χ1v) is 8.40. The van der Waals surface area contributed by atoms with Gasteiger partial charge < -0.3 is 4.74 Å². The Morgan fingerprint density at radius 2 is 2.00 bits per heavy atom. The Bertz CT molecular complexity index is 505. The molecule has 0 saturated heterocycles. The van der Waals surface area contributed by atoms with E-state index in [-0.39, 0.29) is 4.90 Å². The monoisotopic (exact) mass is 399 g/mol. The molecule has 0 spiro atoms. The standard InChI is InChI=1S/C11H15Br2NO3S/c1-3-14(6-7-17-2)18(15,16)11-5-4-9(12)8-10(11)13/h4-5,8H,3,6-7H2,1-2H3. The lowest BCUT2D eigenvalue weighted by Gasteiger charge is -2.20. The SMILES string of the molecule is CCN(CCOC)S(=O)(=O)c1ccc(Br)cc1Br. The molecule has 0 radical (unpaired) electrons. The molecule has 1 aromatic carbocycles. The van der Waals surface area contributed by atoms with E-state index < -0.39 is 10.0 Å². The molecule has 4 nitrogen and oxygen atoms in total. The zero-order valence-electron chi connectivity index (χ0n) is 10.2. The van der Waals surface area contributed by atoms with Gasteiger partial charge in [0.15, 0.2) is 0 Å². The van der Waals surface area contributed by atoms with Crippen molar-refractivity contribution >= 4 is 41.9 Å². The van der Waals surface area contributed by atoms with Crippen molar-refractivity contribution in [3.63, 3.8) is 0 Å². The molecule has 0 heterocycles. The smallest absolute Gasteiger partial charge is 0.244 e. The van der Waals surface area contributed by atoms with Crippen LogP contribution in [0.5, 0.6) is 0 Å². The number of hydrogen-bond donors (Lipinski definition) is 0. The quantitative estimate of drug-likeness (QED) is 0.737. The topological polar surface area (TPSA) is 46.6 Å². The number of likely N-dealkylation sites (N-methyl/N-ethyl adjacent to an activating group) is 1. The summed E-state index contributed by atoms with van der Waals surface area (Å²) in [6, 6.07) is 5.01. The molecule has 0 saturated carbocycles. The summed E-state index contributed by atoms with van der Waals surface area (Å²) in [7, 11) is -1.93. The Kier molecular flexibility index (Phi) is 6.26. The van der Waals surface area contributed by atoms with Crippen LogP contribution in [0.1, 0.15) is 6.92 Å². The summed E-state index contributed by atoms with van der Waals surface area (Å²) >= 11 is 6.58. The van der Waals surface area contributed by atoms with Gasteiger partial charge in [-0.05, 0) is 34.1 Å². The van der Waals surface area contributed by atoms with Crippen LogP contribution in [0.15, 0.2) is 32.0 Å². The second-order valence-electron chi connectivity index (χ2n) is 3.56. The van der Waals surface area contributed by atoms with Gasteiger partial charge in [0.1, 0.15) is 0 Å². The minimum Gasteiger partial charge on any atom is -0.383 e. The zero-order valence-corrected chi connectivity index (χ0v) is 14.2. The second kappa shape index (κ2) is 7.00. The van der Waals surface area contributed by atoms with E-state index >= 15 is 0 Å². The molecule has 0 aliphatic heterocycles. The van der Waals surface area contributed by atoms with Crippen molar-refractivity contribution in [3.8, 4) is 0 Å². The van der Waals surface area contributed by atoms with E-state index in [0.717, 1.165) is 4.47 Å². The summed E-state index contributed by atoms with van der Waals surface area (Å²) in [6.45, 7) is 2.94. The van der Waals surface area contributed by atoms with Crippen LogP contribution >= 0.6 is 31.9 Å². The summed E-state index contributed by atoms with van der Waals surface area (Å²) in [5, 5.41) is 0. The third kappa shape index (κ3) is 3.77. The minimum absolute atomic E-state index is 0.267. The Hall–Kier alpha value is 0.0500. The number of nitrogens with zero attached hydrogens (tertiary/aromatic N) is 1. The van der Waals surface area contributed by atoms with Gasteiger partial charge in [-0.15, -0.1) is 0 Å². The molecule has 1 rings (SSSR count). The largest absolute Gasteiger partial charge is 0.383 e. The number of methoxy groups -OCH3 is 1. The van der Waals surface area contributed by atoms with Gasteiger partial charge in [0.05, 0.1) is 11.5 Å². The first-order valence-electron chi connectivity index (χ1n) is 5.37. The van der Waals surface area contributed by atoms with Crippen LogP contribution in [0.25, 0.3) is 0 Å². The highest BCUT2D eigenvalue weighted by atomic mass is 79.9. The van der Waals surface area contributed by atoms with E-state index in [9.17, 15) is 8.42 Å². The van der Waals surface area contributed by atoms with Crippen molar-refractivity contribution in [2.45, 2.75) is 11.8 Å². The molecular formula is C11H15Br2NO3S. The van der Waals surface area contributed by atoms with Gasteiger partial charge in [-0.1, -0.05) is 22.9 Å². The Morgan fingerprint density at radius 3 is 2.50 bits per heavy atom.